The molecule has 0 saturated carbocycles. The van der Waals surface area contributed by atoms with Gasteiger partial charge in [-0.2, -0.15) is 0 Å². The highest BCUT2D eigenvalue weighted by Gasteiger charge is 2.18. The minimum Gasteiger partial charge on any atom is -0.457 e. The SMILES string of the molecule is Cc1cc(O)[n+](O)c(OCc2ccc(Oc3ccc(Cl)cc3)cc2)c1. The monoisotopic (exact) mass is 358 g/mol. The fraction of sp³-hybridized carbons (Fsp3) is 0.105. The first-order chi connectivity index (χ1) is 12.0. The van der Waals surface area contributed by atoms with E-state index < -0.39 is 0 Å². The Bertz CT molecular complexity index is 864. The molecule has 0 bridgehead atoms. The summed E-state index contributed by atoms with van der Waals surface area (Å²) in [5.74, 6) is 1.28. The van der Waals surface area contributed by atoms with Crippen LogP contribution in [0.4, 0.5) is 0 Å². The van der Waals surface area contributed by atoms with E-state index in [0.29, 0.717) is 21.3 Å². The number of aryl methyl sites for hydroxylation is 1. The van der Waals surface area contributed by atoms with E-state index in [4.69, 9.17) is 21.1 Å². The summed E-state index contributed by atoms with van der Waals surface area (Å²) in [6, 6.07) is 17.6. The van der Waals surface area contributed by atoms with E-state index in [0.717, 1.165) is 11.1 Å². The smallest absolute Gasteiger partial charge is 0.421 e. The molecule has 0 amide bonds. The number of nitrogens with zero attached hydrogens (tertiary/aromatic N) is 1. The van der Waals surface area contributed by atoms with Crippen molar-refractivity contribution in [1.29, 1.82) is 0 Å². The number of rotatable bonds is 5. The number of hydrogen-bond acceptors (Lipinski definition) is 4. The van der Waals surface area contributed by atoms with Gasteiger partial charge in [0.25, 0.3) is 0 Å². The van der Waals surface area contributed by atoms with Gasteiger partial charge in [-0.05, 0) is 54.4 Å². The molecule has 2 N–H and O–H groups in total. The van der Waals surface area contributed by atoms with Crippen LogP contribution in [0.3, 0.4) is 0 Å². The van der Waals surface area contributed by atoms with Gasteiger partial charge in [-0.3, -0.25) is 5.21 Å². The third-order valence-electron chi connectivity index (χ3n) is 3.49. The number of hydrogen-bond donors (Lipinski definition) is 2. The molecule has 1 aromatic heterocycles. The minimum atomic E-state index is -0.276. The second-order valence-corrected chi connectivity index (χ2v) is 5.97. The van der Waals surface area contributed by atoms with Gasteiger partial charge >= 0.3 is 11.8 Å². The largest absolute Gasteiger partial charge is 0.457 e. The number of benzene rings is 2. The molecule has 0 unspecified atom stereocenters. The van der Waals surface area contributed by atoms with Crippen LogP contribution in [0.2, 0.25) is 5.02 Å². The molecule has 5 nitrogen and oxygen atoms in total. The molecule has 3 aromatic rings. The first-order valence-electron chi connectivity index (χ1n) is 7.61. The van der Waals surface area contributed by atoms with Crippen molar-refractivity contribution < 1.29 is 24.5 Å². The van der Waals surface area contributed by atoms with Crippen molar-refractivity contribution in [2.24, 2.45) is 0 Å². The van der Waals surface area contributed by atoms with Gasteiger partial charge in [0.2, 0.25) is 0 Å². The van der Waals surface area contributed by atoms with Gasteiger partial charge in [0, 0.05) is 5.02 Å². The van der Waals surface area contributed by atoms with Crippen molar-refractivity contribution in [3.63, 3.8) is 0 Å². The molecule has 25 heavy (non-hydrogen) atoms. The molecule has 0 aliphatic rings. The molecule has 2 aromatic carbocycles. The van der Waals surface area contributed by atoms with E-state index in [-0.39, 0.29) is 18.4 Å². The van der Waals surface area contributed by atoms with E-state index >= 15 is 0 Å². The summed E-state index contributed by atoms with van der Waals surface area (Å²) in [5, 5.41) is 20.0. The number of aromatic hydroxyl groups is 1. The molecule has 128 valence electrons. The van der Waals surface area contributed by atoms with E-state index in [9.17, 15) is 10.3 Å². The Morgan fingerprint density at radius 1 is 0.960 bits per heavy atom. The predicted molar refractivity (Wildman–Crippen MR) is 92.5 cm³/mol. The standard InChI is InChI=1S/C19H16ClNO4/c1-13-10-18(22)21(23)19(11-13)24-12-14-2-6-16(7-3-14)25-17-8-4-15(20)5-9-17/h2-11,23H,12H2,1H3/p+1. The molecule has 0 aliphatic heterocycles. The Kier molecular flexibility index (Phi) is 4.95. The molecule has 0 spiro atoms. The molecule has 0 radical (unpaired) electrons. The van der Waals surface area contributed by atoms with E-state index in [1.807, 2.05) is 24.3 Å². The van der Waals surface area contributed by atoms with Crippen LogP contribution in [0, 0.1) is 6.92 Å². The van der Waals surface area contributed by atoms with E-state index in [1.54, 1.807) is 37.3 Å². The molecule has 0 aliphatic carbocycles. The Morgan fingerprint density at radius 3 is 2.20 bits per heavy atom. The number of pyridine rings is 1. The average Bonchev–Trinajstić information content (AvgIpc) is 2.60. The lowest BCUT2D eigenvalue weighted by Crippen LogP contribution is -2.32. The molecular weight excluding hydrogens is 342 g/mol. The van der Waals surface area contributed by atoms with Crippen molar-refractivity contribution >= 4 is 11.6 Å². The Morgan fingerprint density at radius 2 is 1.56 bits per heavy atom. The molecule has 3 rings (SSSR count). The fourth-order valence-electron chi connectivity index (χ4n) is 2.23. The number of aromatic nitrogens is 1. The first-order valence-corrected chi connectivity index (χ1v) is 7.99. The van der Waals surface area contributed by atoms with Gasteiger partial charge in [-0.15, -0.1) is 0 Å². The molecule has 0 fully saturated rings. The van der Waals surface area contributed by atoms with Crippen molar-refractivity contribution in [3.05, 3.63) is 76.8 Å². The fourth-order valence-corrected chi connectivity index (χ4v) is 2.35. The van der Waals surface area contributed by atoms with Crippen LogP contribution in [0.25, 0.3) is 0 Å². The first kappa shape index (κ1) is 16.9. The lowest BCUT2D eigenvalue weighted by molar-refractivity contribution is -0.908. The molecule has 0 atom stereocenters. The van der Waals surface area contributed by atoms with E-state index in [2.05, 4.69) is 0 Å². The second-order valence-electron chi connectivity index (χ2n) is 5.53. The Balaban J connectivity index is 1.64. The summed E-state index contributed by atoms with van der Waals surface area (Å²) >= 11 is 5.85. The molecule has 1 heterocycles. The maximum Gasteiger partial charge on any atom is 0.421 e. The van der Waals surface area contributed by atoms with Gasteiger partial charge in [0.05, 0.1) is 16.9 Å². The van der Waals surface area contributed by atoms with Crippen molar-refractivity contribution in [2.75, 3.05) is 0 Å². The van der Waals surface area contributed by atoms with Gasteiger partial charge in [-0.25, -0.2) is 0 Å². The van der Waals surface area contributed by atoms with E-state index in [1.165, 1.54) is 6.07 Å². The van der Waals surface area contributed by atoms with Gasteiger partial charge in [0.15, 0.2) is 0 Å². The molecular formula is C19H17ClNO4+. The van der Waals surface area contributed by atoms with Gasteiger partial charge in [-0.1, -0.05) is 23.7 Å². The number of ether oxygens (including phenoxy) is 2. The zero-order chi connectivity index (χ0) is 17.8. The van der Waals surface area contributed by atoms with Crippen molar-refractivity contribution in [1.82, 2.24) is 0 Å². The average molecular weight is 359 g/mol. The number of halogens is 1. The Labute approximate surface area is 150 Å². The van der Waals surface area contributed by atoms with Crippen LogP contribution < -0.4 is 14.2 Å². The third kappa shape index (κ3) is 4.33. The second kappa shape index (κ2) is 7.32. The van der Waals surface area contributed by atoms with Crippen LogP contribution in [0.5, 0.6) is 23.3 Å². The van der Waals surface area contributed by atoms with Crippen LogP contribution >= 0.6 is 11.6 Å². The van der Waals surface area contributed by atoms with Crippen LogP contribution in [0.1, 0.15) is 11.1 Å². The Hall–Kier alpha value is -2.92. The zero-order valence-corrected chi connectivity index (χ0v) is 14.3. The van der Waals surface area contributed by atoms with Gasteiger partial charge in [0.1, 0.15) is 18.1 Å². The summed E-state index contributed by atoms with van der Waals surface area (Å²) in [6.07, 6.45) is 0. The summed E-state index contributed by atoms with van der Waals surface area (Å²) < 4.78 is 11.9. The molecule has 0 saturated heterocycles. The summed E-state index contributed by atoms with van der Waals surface area (Å²) in [4.78, 5) is 0. The highest BCUT2D eigenvalue weighted by molar-refractivity contribution is 6.30. The normalized spacial score (nSPS) is 10.5. The summed E-state index contributed by atoms with van der Waals surface area (Å²) in [7, 11) is 0. The highest BCUT2D eigenvalue weighted by atomic mass is 35.5. The maximum atomic E-state index is 9.74. The van der Waals surface area contributed by atoms with Gasteiger partial charge < -0.3 is 14.6 Å². The highest BCUT2D eigenvalue weighted by Crippen LogP contribution is 2.23. The van der Waals surface area contributed by atoms with Crippen LogP contribution in [0.15, 0.2) is 60.7 Å². The summed E-state index contributed by atoms with van der Waals surface area (Å²) in [5.41, 5.74) is 1.67. The third-order valence-corrected chi connectivity index (χ3v) is 3.75. The lowest BCUT2D eigenvalue weighted by Gasteiger charge is -2.07. The predicted octanol–water partition coefficient (Wildman–Crippen LogP) is 4.25. The van der Waals surface area contributed by atoms with Crippen molar-refractivity contribution in [3.8, 4) is 23.3 Å². The maximum absolute atomic E-state index is 9.74. The molecule has 6 heteroatoms. The topological polar surface area (TPSA) is 62.8 Å². The minimum absolute atomic E-state index is 0.166. The lowest BCUT2D eigenvalue weighted by atomic mass is 10.2. The summed E-state index contributed by atoms with van der Waals surface area (Å²) in [6.45, 7) is 2.04. The van der Waals surface area contributed by atoms with Crippen LogP contribution in [-0.4, -0.2) is 10.3 Å². The van der Waals surface area contributed by atoms with Crippen LogP contribution in [-0.2, 0) is 6.61 Å². The van der Waals surface area contributed by atoms with Crippen molar-refractivity contribution in [2.45, 2.75) is 13.5 Å². The zero-order valence-electron chi connectivity index (χ0n) is 13.5. The quantitative estimate of drug-likeness (QED) is 0.528.